The van der Waals surface area contributed by atoms with E-state index in [9.17, 15) is 9.90 Å². The zero-order valence-corrected chi connectivity index (χ0v) is 17.0. The molecule has 1 unspecified atom stereocenters. The molecular formula is C21H37N3O2. The molecule has 3 N–H and O–H groups in total. The molecule has 1 fully saturated rings. The van der Waals surface area contributed by atoms with Gasteiger partial charge in [0.25, 0.3) is 0 Å². The first-order valence-corrected chi connectivity index (χ1v) is 10.4. The van der Waals surface area contributed by atoms with Gasteiger partial charge in [0.2, 0.25) is 0 Å². The number of rotatable bonds is 8. The molecule has 0 spiro atoms. The first kappa shape index (κ1) is 20.8. The molecule has 1 saturated carbocycles. The van der Waals surface area contributed by atoms with Crippen LogP contribution in [0.4, 0.5) is 4.79 Å². The van der Waals surface area contributed by atoms with Gasteiger partial charge >= 0.3 is 6.09 Å². The van der Waals surface area contributed by atoms with Crippen molar-refractivity contribution in [2.24, 2.45) is 5.41 Å². The number of carboxylic acid groups (broad SMARTS) is 1. The van der Waals surface area contributed by atoms with Crippen LogP contribution in [0.15, 0.2) is 6.20 Å². The van der Waals surface area contributed by atoms with Crippen LogP contribution in [-0.4, -0.2) is 21.2 Å². The smallest absolute Gasteiger partial charge is 0.405 e. The third kappa shape index (κ3) is 4.80. The van der Waals surface area contributed by atoms with Crippen LogP contribution in [-0.2, 0) is 5.54 Å². The Morgan fingerprint density at radius 3 is 2.50 bits per heavy atom. The number of amides is 1. The third-order valence-electron chi connectivity index (χ3n) is 6.03. The Morgan fingerprint density at radius 1 is 1.23 bits per heavy atom. The summed E-state index contributed by atoms with van der Waals surface area (Å²) in [5.74, 6) is 1.29. The molecule has 26 heavy (non-hydrogen) atoms. The number of nitrogens with zero attached hydrogens (tertiary/aromatic N) is 1. The summed E-state index contributed by atoms with van der Waals surface area (Å²) in [5, 5.41) is 12.4. The summed E-state index contributed by atoms with van der Waals surface area (Å²) in [6.45, 7) is 8.50. The Bertz CT molecular complexity index is 570. The monoisotopic (exact) mass is 363 g/mol. The van der Waals surface area contributed by atoms with Crippen LogP contribution < -0.4 is 5.32 Å². The number of unbranched alkanes of at least 4 members (excludes halogenated alkanes) is 3. The van der Waals surface area contributed by atoms with Crippen molar-refractivity contribution in [1.82, 2.24) is 15.3 Å². The number of carbonyl (C=O) groups is 1. The average Bonchev–Trinajstić information content (AvgIpc) is 3.07. The van der Waals surface area contributed by atoms with Crippen molar-refractivity contribution in [1.29, 1.82) is 0 Å². The van der Waals surface area contributed by atoms with Crippen molar-refractivity contribution < 1.29 is 9.90 Å². The molecule has 0 radical (unpaired) electrons. The van der Waals surface area contributed by atoms with Crippen molar-refractivity contribution in [3.63, 3.8) is 0 Å². The molecule has 0 bridgehead atoms. The summed E-state index contributed by atoms with van der Waals surface area (Å²) in [4.78, 5) is 20.0. The molecule has 1 aliphatic rings. The molecule has 1 amide bonds. The van der Waals surface area contributed by atoms with Gasteiger partial charge in [-0.15, -0.1) is 0 Å². The first-order valence-electron chi connectivity index (χ1n) is 10.4. The van der Waals surface area contributed by atoms with Gasteiger partial charge in [0.15, 0.2) is 0 Å². The molecule has 0 aromatic carbocycles. The summed E-state index contributed by atoms with van der Waals surface area (Å²) < 4.78 is 0. The maximum atomic E-state index is 11.7. The molecule has 5 heteroatoms. The highest BCUT2D eigenvalue weighted by atomic mass is 16.4. The van der Waals surface area contributed by atoms with E-state index in [4.69, 9.17) is 4.98 Å². The van der Waals surface area contributed by atoms with Crippen molar-refractivity contribution in [3.8, 4) is 0 Å². The van der Waals surface area contributed by atoms with Gasteiger partial charge in [-0.1, -0.05) is 72.6 Å². The minimum absolute atomic E-state index is 0.278. The molecule has 0 aliphatic heterocycles. The zero-order chi connectivity index (χ0) is 19.2. The maximum absolute atomic E-state index is 11.7. The van der Waals surface area contributed by atoms with Gasteiger partial charge < -0.3 is 15.4 Å². The van der Waals surface area contributed by atoms with Gasteiger partial charge in [-0.25, -0.2) is 9.78 Å². The van der Waals surface area contributed by atoms with E-state index in [1.54, 1.807) is 0 Å². The third-order valence-corrected chi connectivity index (χ3v) is 6.03. The molecular weight excluding hydrogens is 326 g/mol. The van der Waals surface area contributed by atoms with Crippen LogP contribution in [0.5, 0.6) is 0 Å². The molecule has 1 aromatic heterocycles. The lowest BCUT2D eigenvalue weighted by atomic mass is 9.70. The average molecular weight is 364 g/mol. The Balaban J connectivity index is 2.31. The molecule has 1 aromatic rings. The molecule has 1 heterocycles. The van der Waals surface area contributed by atoms with Gasteiger partial charge in [0.05, 0.1) is 5.69 Å². The molecule has 1 aliphatic carbocycles. The summed E-state index contributed by atoms with van der Waals surface area (Å²) in [6.07, 6.45) is 12.5. The summed E-state index contributed by atoms with van der Waals surface area (Å²) >= 11 is 0. The van der Waals surface area contributed by atoms with Crippen LogP contribution >= 0.6 is 0 Å². The van der Waals surface area contributed by atoms with Gasteiger partial charge in [-0.3, -0.25) is 0 Å². The predicted molar refractivity (Wildman–Crippen MR) is 105 cm³/mol. The van der Waals surface area contributed by atoms with Crippen molar-refractivity contribution in [2.45, 2.75) is 103 Å². The van der Waals surface area contributed by atoms with Crippen LogP contribution in [0.1, 0.15) is 109 Å². The van der Waals surface area contributed by atoms with Gasteiger partial charge in [-0.05, 0) is 24.7 Å². The number of aromatic nitrogens is 2. The largest absolute Gasteiger partial charge is 0.465 e. The number of aromatic amines is 1. The van der Waals surface area contributed by atoms with Gasteiger partial charge in [0, 0.05) is 12.1 Å². The minimum Gasteiger partial charge on any atom is -0.465 e. The first-order chi connectivity index (χ1) is 12.3. The highest BCUT2D eigenvalue weighted by Gasteiger charge is 2.47. The molecule has 0 saturated heterocycles. The van der Waals surface area contributed by atoms with E-state index in [0.717, 1.165) is 30.8 Å². The van der Waals surface area contributed by atoms with E-state index in [1.807, 2.05) is 6.20 Å². The van der Waals surface area contributed by atoms with Crippen LogP contribution in [0.25, 0.3) is 0 Å². The van der Waals surface area contributed by atoms with Crippen molar-refractivity contribution >= 4 is 6.09 Å². The fourth-order valence-electron chi connectivity index (χ4n) is 4.32. The van der Waals surface area contributed by atoms with E-state index >= 15 is 0 Å². The normalized spacial score (nSPS) is 18.5. The maximum Gasteiger partial charge on any atom is 0.405 e. The summed E-state index contributed by atoms with van der Waals surface area (Å²) in [5.41, 5.74) is 0.132. The van der Waals surface area contributed by atoms with Crippen LogP contribution in [0, 0.1) is 5.41 Å². The fraction of sp³-hybridized carbons (Fsp3) is 0.810. The molecule has 2 rings (SSSR count). The highest BCUT2D eigenvalue weighted by Crippen LogP contribution is 2.43. The number of H-pyrrole nitrogens is 1. The second-order valence-electron chi connectivity index (χ2n) is 8.91. The number of hydrogen-bond acceptors (Lipinski definition) is 2. The summed E-state index contributed by atoms with van der Waals surface area (Å²) in [6, 6.07) is 0. The lowest BCUT2D eigenvalue weighted by Gasteiger charge is -2.43. The fourth-order valence-corrected chi connectivity index (χ4v) is 4.32. The second kappa shape index (κ2) is 8.92. The quantitative estimate of drug-likeness (QED) is 0.500. The van der Waals surface area contributed by atoms with E-state index in [-0.39, 0.29) is 5.41 Å². The van der Waals surface area contributed by atoms with Gasteiger partial charge in [0.1, 0.15) is 11.4 Å². The number of hydrogen-bond donors (Lipinski definition) is 3. The van der Waals surface area contributed by atoms with Crippen molar-refractivity contribution in [3.05, 3.63) is 17.7 Å². The topological polar surface area (TPSA) is 78.0 Å². The second-order valence-corrected chi connectivity index (χ2v) is 8.91. The van der Waals surface area contributed by atoms with Crippen LogP contribution in [0.2, 0.25) is 0 Å². The molecule has 148 valence electrons. The van der Waals surface area contributed by atoms with E-state index < -0.39 is 11.6 Å². The number of imidazole rings is 1. The molecule has 5 nitrogen and oxygen atoms in total. The van der Waals surface area contributed by atoms with E-state index in [2.05, 4.69) is 38.0 Å². The highest BCUT2D eigenvalue weighted by molar-refractivity contribution is 5.66. The lowest BCUT2D eigenvalue weighted by Crippen LogP contribution is -2.54. The predicted octanol–water partition coefficient (Wildman–Crippen LogP) is 5.94. The SMILES string of the molecule is CCCCCCC(NC(=O)O)(c1nc(C2CCCCC2)c[nH]1)C(C)(C)C. The van der Waals surface area contributed by atoms with E-state index in [0.29, 0.717) is 5.92 Å². The minimum atomic E-state index is -0.981. The Morgan fingerprint density at radius 2 is 1.92 bits per heavy atom. The molecule has 1 atom stereocenters. The Kier molecular flexibility index (Phi) is 7.13. The Labute approximate surface area is 158 Å². The zero-order valence-electron chi connectivity index (χ0n) is 17.0. The lowest BCUT2D eigenvalue weighted by molar-refractivity contribution is 0.0992. The van der Waals surface area contributed by atoms with E-state index in [1.165, 1.54) is 44.9 Å². The standard InChI is InChI=1S/C21H37N3O2/c1-5-6-7-11-14-21(20(2,3)4,24-19(25)26)18-22-15-17(23-18)16-12-9-8-10-13-16/h15-16,24H,5-14H2,1-4H3,(H,22,23)(H,25,26). The van der Waals surface area contributed by atoms with Crippen LogP contribution in [0.3, 0.4) is 0 Å². The Hall–Kier alpha value is -1.52. The summed E-state index contributed by atoms with van der Waals surface area (Å²) in [7, 11) is 0. The van der Waals surface area contributed by atoms with Gasteiger partial charge in [-0.2, -0.15) is 0 Å². The number of nitrogens with one attached hydrogen (secondary N) is 2. The van der Waals surface area contributed by atoms with Crippen molar-refractivity contribution in [2.75, 3.05) is 0 Å².